The van der Waals surface area contributed by atoms with Gasteiger partial charge in [0.1, 0.15) is 18.1 Å². The Morgan fingerprint density at radius 3 is 2.35 bits per heavy atom. The van der Waals surface area contributed by atoms with Crippen LogP contribution in [0, 0.1) is 0 Å². The van der Waals surface area contributed by atoms with Gasteiger partial charge in [-0.2, -0.15) is 0 Å². The first kappa shape index (κ1) is 13.2. The second kappa shape index (κ2) is 5.27. The molecule has 1 saturated heterocycles. The third kappa shape index (κ3) is 2.19. The Balaban J connectivity index is 1.91. The minimum absolute atomic E-state index is 0.0193. The quantitative estimate of drug-likeness (QED) is 0.906. The van der Waals surface area contributed by atoms with Crippen LogP contribution < -0.4 is 0 Å². The topological polar surface area (TPSA) is 32.7 Å². The van der Waals surface area contributed by atoms with Crippen molar-refractivity contribution < 1.29 is 9.84 Å². The molecule has 0 amide bonds. The van der Waals surface area contributed by atoms with Gasteiger partial charge in [-0.15, -0.1) is 0 Å². The molecular formula is C17H19NO2. The van der Waals surface area contributed by atoms with Gasteiger partial charge in [-0.05, 0) is 25.6 Å². The van der Waals surface area contributed by atoms with Crippen molar-refractivity contribution in [2.75, 3.05) is 7.05 Å². The molecule has 0 saturated carbocycles. The number of phenolic OH excluding ortho intramolecular Hbond substituents is 1. The number of likely N-dealkylation sites (N-methyl/N-ethyl adjacent to an activating group) is 1. The van der Waals surface area contributed by atoms with Crippen LogP contribution in [0.25, 0.3) is 0 Å². The maximum Gasteiger partial charge on any atom is 0.141 e. The fourth-order valence-corrected chi connectivity index (χ4v) is 2.76. The number of nitrogens with zero attached hydrogens (tertiary/aromatic N) is 1. The van der Waals surface area contributed by atoms with E-state index in [0.717, 1.165) is 5.56 Å². The highest BCUT2D eigenvalue weighted by Gasteiger charge is 2.39. The Labute approximate surface area is 119 Å². The lowest BCUT2D eigenvalue weighted by molar-refractivity contribution is 0.00418. The number of ether oxygens (including phenoxy) is 1. The highest BCUT2D eigenvalue weighted by molar-refractivity contribution is 5.34. The number of benzene rings is 2. The number of hydrogen-bond donors (Lipinski definition) is 1. The Kier molecular flexibility index (Phi) is 3.47. The van der Waals surface area contributed by atoms with E-state index in [1.54, 1.807) is 6.07 Å². The summed E-state index contributed by atoms with van der Waals surface area (Å²) < 4.78 is 6.20. The molecule has 0 bridgehead atoms. The molecule has 0 aromatic heterocycles. The Morgan fingerprint density at radius 2 is 1.65 bits per heavy atom. The Morgan fingerprint density at radius 1 is 1.00 bits per heavy atom. The molecule has 1 fully saturated rings. The molecular weight excluding hydrogens is 250 g/mol. The zero-order valence-electron chi connectivity index (χ0n) is 11.7. The van der Waals surface area contributed by atoms with Crippen LogP contribution in [0.3, 0.4) is 0 Å². The fourth-order valence-electron chi connectivity index (χ4n) is 2.76. The van der Waals surface area contributed by atoms with Crippen LogP contribution in [0.5, 0.6) is 5.75 Å². The molecule has 1 N–H and O–H groups in total. The number of aromatic hydroxyl groups is 1. The summed E-state index contributed by atoms with van der Waals surface area (Å²) in [5, 5.41) is 10.0. The SMILES string of the molecule is C[C@H]1[C@H](c2ccccc2)O[C@@H](c2ccccc2O)N1C. The lowest BCUT2D eigenvalue weighted by Gasteiger charge is -2.21. The summed E-state index contributed by atoms with van der Waals surface area (Å²) in [5.74, 6) is 0.283. The summed E-state index contributed by atoms with van der Waals surface area (Å²) in [7, 11) is 2.03. The van der Waals surface area contributed by atoms with E-state index in [0.29, 0.717) is 0 Å². The monoisotopic (exact) mass is 269 g/mol. The molecule has 0 spiro atoms. The number of rotatable bonds is 2. The zero-order chi connectivity index (χ0) is 14.1. The largest absolute Gasteiger partial charge is 0.508 e. The highest BCUT2D eigenvalue weighted by atomic mass is 16.5. The molecule has 0 unspecified atom stereocenters. The first-order chi connectivity index (χ1) is 9.68. The van der Waals surface area contributed by atoms with Gasteiger partial charge < -0.3 is 9.84 Å². The van der Waals surface area contributed by atoms with Gasteiger partial charge in [-0.1, -0.05) is 48.5 Å². The molecule has 2 aromatic rings. The van der Waals surface area contributed by atoms with Gasteiger partial charge in [-0.25, -0.2) is 0 Å². The molecule has 3 nitrogen and oxygen atoms in total. The second-order valence-electron chi connectivity index (χ2n) is 5.28. The van der Waals surface area contributed by atoms with Gasteiger partial charge in [0.2, 0.25) is 0 Å². The molecule has 1 aliphatic heterocycles. The van der Waals surface area contributed by atoms with Crippen LogP contribution in [0.15, 0.2) is 54.6 Å². The van der Waals surface area contributed by atoms with Gasteiger partial charge in [0.25, 0.3) is 0 Å². The number of hydrogen-bond acceptors (Lipinski definition) is 3. The van der Waals surface area contributed by atoms with E-state index in [2.05, 4.69) is 24.0 Å². The van der Waals surface area contributed by atoms with Gasteiger partial charge in [0, 0.05) is 11.6 Å². The molecule has 2 aromatic carbocycles. The van der Waals surface area contributed by atoms with Crippen LogP contribution in [-0.4, -0.2) is 23.1 Å². The summed E-state index contributed by atoms with van der Waals surface area (Å²) >= 11 is 0. The summed E-state index contributed by atoms with van der Waals surface area (Å²) in [6.07, 6.45) is -0.192. The van der Waals surface area contributed by atoms with Gasteiger partial charge in [-0.3, -0.25) is 4.90 Å². The van der Waals surface area contributed by atoms with Crippen LogP contribution in [0.4, 0.5) is 0 Å². The molecule has 1 heterocycles. The number of para-hydroxylation sites is 1. The van der Waals surface area contributed by atoms with Crippen LogP contribution >= 0.6 is 0 Å². The van der Waals surface area contributed by atoms with Crippen molar-refractivity contribution in [2.24, 2.45) is 0 Å². The van der Waals surface area contributed by atoms with E-state index < -0.39 is 0 Å². The van der Waals surface area contributed by atoms with E-state index >= 15 is 0 Å². The fraction of sp³-hybridized carbons (Fsp3) is 0.294. The van der Waals surface area contributed by atoms with E-state index in [9.17, 15) is 5.11 Å². The van der Waals surface area contributed by atoms with Crippen molar-refractivity contribution in [2.45, 2.75) is 25.3 Å². The normalized spacial score (nSPS) is 26.8. The lowest BCUT2D eigenvalue weighted by Crippen LogP contribution is -2.27. The molecule has 3 atom stereocenters. The number of phenols is 1. The average Bonchev–Trinajstić information content (AvgIpc) is 2.77. The smallest absolute Gasteiger partial charge is 0.141 e. The van der Waals surface area contributed by atoms with E-state index in [1.807, 2.05) is 43.4 Å². The maximum absolute atomic E-state index is 10.0. The highest BCUT2D eigenvalue weighted by Crippen LogP contribution is 2.43. The van der Waals surface area contributed by atoms with Crippen molar-refractivity contribution in [3.63, 3.8) is 0 Å². The van der Waals surface area contributed by atoms with Gasteiger partial charge in [0.15, 0.2) is 0 Å². The van der Waals surface area contributed by atoms with Crippen molar-refractivity contribution >= 4 is 0 Å². The average molecular weight is 269 g/mol. The summed E-state index contributed by atoms with van der Waals surface area (Å²) in [6, 6.07) is 17.8. The summed E-state index contributed by atoms with van der Waals surface area (Å²) in [6.45, 7) is 2.15. The van der Waals surface area contributed by atoms with Crippen LogP contribution in [0.1, 0.15) is 30.4 Å². The first-order valence-electron chi connectivity index (χ1n) is 6.88. The van der Waals surface area contributed by atoms with Gasteiger partial charge >= 0.3 is 0 Å². The van der Waals surface area contributed by atoms with E-state index in [1.165, 1.54) is 5.56 Å². The lowest BCUT2D eigenvalue weighted by atomic mass is 10.0. The Bertz CT molecular complexity index is 585. The molecule has 0 radical (unpaired) electrons. The Hall–Kier alpha value is -1.84. The van der Waals surface area contributed by atoms with Crippen LogP contribution in [0.2, 0.25) is 0 Å². The maximum atomic E-state index is 10.0. The zero-order valence-corrected chi connectivity index (χ0v) is 11.7. The minimum atomic E-state index is -0.212. The summed E-state index contributed by atoms with van der Waals surface area (Å²) in [4.78, 5) is 2.16. The van der Waals surface area contributed by atoms with E-state index in [4.69, 9.17) is 4.74 Å². The summed E-state index contributed by atoms with van der Waals surface area (Å²) in [5.41, 5.74) is 1.99. The molecule has 1 aliphatic rings. The predicted molar refractivity (Wildman–Crippen MR) is 78.3 cm³/mol. The molecule has 3 rings (SSSR count). The standard InChI is InChI=1S/C17H19NO2/c1-12-16(13-8-4-3-5-9-13)20-17(18(12)2)14-10-6-7-11-15(14)19/h3-12,16-17,19H,1-2H3/t12-,16+,17-/m0/s1. The van der Waals surface area contributed by atoms with Crippen molar-refractivity contribution in [1.29, 1.82) is 0 Å². The predicted octanol–water partition coefficient (Wildman–Crippen LogP) is 3.48. The first-order valence-corrected chi connectivity index (χ1v) is 6.88. The van der Waals surface area contributed by atoms with Crippen molar-refractivity contribution in [3.05, 3.63) is 65.7 Å². The van der Waals surface area contributed by atoms with Crippen molar-refractivity contribution in [1.82, 2.24) is 4.90 Å². The van der Waals surface area contributed by atoms with Crippen molar-refractivity contribution in [3.8, 4) is 5.75 Å². The minimum Gasteiger partial charge on any atom is -0.508 e. The molecule has 104 valence electrons. The van der Waals surface area contributed by atoms with Gasteiger partial charge in [0.05, 0.1) is 0 Å². The molecule has 20 heavy (non-hydrogen) atoms. The molecule has 0 aliphatic carbocycles. The third-order valence-corrected chi connectivity index (χ3v) is 4.06. The third-order valence-electron chi connectivity index (χ3n) is 4.06. The second-order valence-corrected chi connectivity index (χ2v) is 5.28. The van der Waals surface area contributed by atoms with E-state index in [-0.39, 0.29) is 24.1 Å². The van der Waals surface area contributed by atoms with Crippen LogP contribution in [-0.2, 0) is 4.74 Å². The molecule has 3 heteroatoms.